The summed E-state index contributed by atoms with van der Waals surface area (Å²) < 4.78 is 0. The van der Waals surface area contributed by atoms with Crippen LogP contribution in [0, 0.1) is 0 Å². The highest BCUT2D eigenvalue weighted by Crippen LogP contribution is 2.01. The molecular formula is C9H19BN2O. The van der Waals surface area contributed by atoms with Crippen molar-refractivity contribution in [2.75, 3.05) is 6.54 Å². The van der Waals surface area contributed by atoms with E-state index < -0.39 is 0 Å². The van der Waals surface area contributed by atoms with E-state index in [4.69, 9.17) is 13.6 Å². The molecule has 0 rings (SSSR count). The first-order valence-corrected chi connectivity index (χ1v) is 4.83. The normalized spacial score (nSPS) is 13.2. The van der Waals surface area contributed by atoms with Gasteiger partial charge in [-0.15, -0.1) is 0 Å². The predicted octanol–water partition coefficient (Wildman–Crippen LogP) is 0.177. The molecule has 0 aliphatic heterocycles. The third-order valence-corrected chi connectivity index (χ3v) is 1.82. The topological polar surface area (TPSA) is 55.1 Å². The summed E-state index contributed by atoms with van der Waals surface area (Å²) in [4.78, 5) is 11.0. The van der Waals surface area contributed by atoms with Gasteiger partial charge in [0.15, 0.2) is 7.85 Å². The van der Waals surface area contributed by atoms with Gasteiger partial charge in [0.25, 0.3) is 0 Å². The third kappa shape index (κ3) is 6.78. The summed E-state index contributed by atoms with van der Waals surface area (Å²) in [7, 11) is 5.23. The SMILES string of the molecule is [B]C(=O)[C@H](CCCCN)NC(C)C. The second-order valence-corrected chi connectivity index (χ2v) is 3.56. The number of unbranched alkanes of at least 4 members (excludes halogenated alkanes) is 1. The lowest BCUT2D eigenvalue weighted by molar-refractivity contribution is -0.113. The first kappa shape index (κ1) is 12.7. The number of hydrogen-bond acceptors (Lipinski definition) is 3. The molecule has 0 saturated heterocycles. The summed E-state index contributed by atoms with van der Waals surface area (Å²) in [6.07, 6.45) is 2.68. The standard InChI is InChI=1S/C9H19BN2O/c1-7(2)12-8(9(10)13)5-3-4-6-11/h7-8,12H,3-6,11H2,1-2H3/t8-/m0/s1. The fourth-order valence-electron chi connectivity index (χ4n) is 1.20. The molecule has 0 aliphatic rings. The summed E-state index contributed by atoms with van der Waals surface area (Å²) in [6.45, 7) is 4.67. The van der Waals surface area contributed by atoms with Crippen molar-refractivity contribution in [2.45, 2.75) is 45.2 Å². The zero-order chi connectivity index (χ0) is 10.3. The molecule has 0 amide bonds. The van der Waals surface area contributed by atoms with Crippen LogP contribution in [0.25, 0.3) is 0 Å². The lowest BCUT2D eigenvalue weighted by Gasteiger charge is -2.18. The largest absolute Gasteiger partial charge is 0.330 e. The number of carbonyl (C=O) groups excluding carboxylic acids is 1. The van der Waals surface area contributed by atoms with Crippen LogP contribution in [0.3, 0.4) is 0 Å². The van der Waals surface area contributed by atoms with Gasteiger partial charge in [-0.25, -0.2) is 0 Å². The minimum Gasteiger partial charge on any atom is -0.330 e. The van der Waals surface area contributed by atoms with Gasteiger partial charge in [-0.3, -0.25) is 0 Å². The average Bonchev–Trinajstić information content (AvgIpc) is 2.02. The fourth-order valence-corrected chi connectivity index (χ4v) is 1.20. The third-order valence-electron chi connectivity index (χ3n) is 1.82. The van der Waals surface area contributed by atoms with E-state index in [0.29, 0.717) is 6.54 Å². The maximum absolute atomic E-state index is 11.0. The predicted molar refractivity (Wildman–Crippen MR) is 55.7 cm³/mol. The van der Waals surface area contributed by atoms with Crippen molar-refractivity contribution >= 4 is 13.5 Å². The highest BCUT2D eigenvalue weighted by molar-refractivity contribution is 6.59. The maximum Gasteiger partial charge on any atom is 0.170 e. The van der Waals surface area contributed by atoms with Gasteiger partial charge in [0.05, 0.1) is 11.7 Å². The lowest BCUT2D eigenvalue weighted by Crippen LogP contribution is -2.41. The Morgan fingerprint density at radius 3 is 2.46 bits per heavy atom. The number of nitrogens with two attached hydrogens (primary N) is 1. The molecular weight excluding hydrogens is 163 g/mol. The van der Waals surface area contributed by atoms with Crippen LogP contribution >= 0.6 is 0 Å². The Kier molecular flexibility index (Phi) is 6.91. The van der Waals surface area contributed by atoms with Gasteiger partial charge in [0.2, 0.25) is 0 Å². The van der Waals surface area contributed by atoms with Gasteiger partial charge in [-0.2, -0.15) is 0 Å². The molecule has 74 valence electrons. The van der Waals surface area contributed by atoms with E-state index in [-0.39, 0.29) is 17.8 Å². The van der Waals surface area contributed by atoms with Gasteiger partial charge in [-0.05, 0) is 19.4 Å². The molecule has 0 bridgehead atoms. The second-order valence-electron chi connectivity index (χ2n) is 3.56. The van der Waals surface area contributed by atoms with Gasteiger partial charge in [0.1, 0.15) is 0 Å². The monoisotopic (exact) mass is 182 g/mol. The fraction of sp³-hybridized carbons (Fsp3) is 0.889. The van der Waals surface area contributed by atoms with Crippen LogP contribution in [0.1, 0.15) is 33.1 Å². The maximum atomic E-state index is 11.0. The molecule has 3 N–H and O–H groups in total. The Balaban J connectivity index is 3.74. The van der Waals surface area contributed by atoms with Gasteiger partial charge >= 0.3 is 0 Å². The zero-order valence-electron chi connectivity index (χ0n) is 8.55. The van der Waals surface area contributed by atoms with Gasteiger partial charge < -0.3 is 15.8 Å². The second kappa shape index (κ2) is 7.10. The smallest absolute Gasteiger partial charge is 0.170 e. The Labute approximate surface area is 81.9 Å². The molecule has 0 unspecified atom stereocenters. The van der Waals surface area contributed by atoms with Crippen molar-refractivity contribution in [3.05, 3.63) is 0 Å². The van der Waals surface area contributed by atoms with Crippen LogP contribution in [0.4, 0.5) is 0 Å². The van der Waals surface area contributed by atoms with E-state index in [1.54, 1.807) is 0 Å². The highest BCUT2D eigenvalue weighted by atomic mass is 16.1. The van der Waals surface area contributed by atoms with Crippen molar-refractivity contribution in [1.29, 1.82) is 0 Å². The van der Waals surface area contributed by atoms with E-state index in [2.05, 4.69) is 5.32 Å². The number of hydrogen-bond donors (Lipinski definition) is 2. The van der Waals surface area contributed by atoms with Crippen molar-refractivity contribution < 1.29 is 4.79 Å². The molecule has 0 spiro atoms. The molecule has 3 nitrogen and oxygen atoms in total. The number of nitrogens with one attached hydrogen (secondary N) is 1. The number of rotatable bonds is 7. The van der Waals surface area contributed by atoms with E-state index in [1.807, 2.05) is 13.8 Å². The quantitative estimate of drug-likeness (QED) is 0.436. The molecule has 0 aromatic rings. The molecule has 13 heavy (non-hydrogen) atoms. The lowest BCUT2D eigenvalue weighted by atomic mass is 9.91. The molecule has 0 aromatic carbocycles. The highest BCUT2D eigenvalue weighted by Gasteiger charge is 2.12. The van der Waals surface area contributed by atoms with E-state index in [1.165, 1.54) is 0 Å². The first-order chi connectivity index (χ1) is 6.07. The Bertz CT molecular complexity index is 151. The summed E-state index contributed by atoms with van der Waals surface area (Å²) >= 11 is 0. The average molecular weight is 182 g/mol. The summed E-state index contributed by atoms with van der Waals surface area (Å²) in [5.41, 5.74) is 5.08. The van der Waals surface area contributed by atoms with Crippen molar-refractivity contribution in [3.8, 4) is 0 Å². The minimum absolute atomic E-state index is 0.202. The Hall–Kier alpha value is -0.345. The van der Waals surface area contributed by atoms with Crippen LogP contribution < -0.4 is 11.1 Å². The van der Waals surface area contributed by atoms with Gasteiger partial charge in [-0.1, -0.05) is 20.3 Å². The molecule has 0 aliphatic carbocycles. The van der Waals surface area contributed by atoms with Crippen molar-refractivity contribution in [3.63, 3.8) is 0 Å². The summed E-state index contributed by atoms with van der Waals surface area (Å²) in [6, 6.07) is 0.0851. The first-order valence-electron chi connectivity index (χ1n) is 4.83. The van der Waals surface area contributed by atoms with Crippen LogP contribution in [0.15, 0.2) is 0 Å². The zero-order valence-corrected chi connectivity index (χ0v) is 8.55. The summed E-state index contributed by atoms with van der Waals surface area (Å²) in [5, 5.41) is 3.12. The van der Waals surface area contributed by atoms with Crippen molar-refractivity contribution in [2.24, 2.45) is 5.73 Å². The van der Waals surface area contributed by atoms with Crippen LogP contribution in [-0.4, -0.2) is 32.2 Å². The van der Waals surface area contributed by atoms with Crippen molar-refractivity contribution in [1.82, 2.24) is 5.32 Å². The van der Waals surface area contributed by atoms with Crippen LogP contribution in [0.2, 0.25) is 0 Å². The molecule has 0 fully saturated rings. The van der Waals surface area contributed by atoms with Crippen LogP contribution in [-0.2, 0) is 4.79 Å². The molecule has 2 radical (unpaired) electrons. The van der Waals surface area contributed by atoms with Gasteiger partial charge in [0, 0.05) is 6.04 Å². The van der Waals surface area contributed by atoms with E-state index >= 15 is 0 Å². The Morgan fingerprint density at radius 1 is 1.46 bits per heavy atom. The van der Waals surface area contributed by atoms with Crippen LogP contribution in [0.5, 0.6) is 0 Å². The molecule has 4 heteroatoms. The molecule has 0 saturated carbocycles. The minimum atomic E-state index is -0.272. The Morgan fingerprint density at radius 2 is 2.08 bits per heavy atom. The molecule has 0 aromatic heterocycles. The molecule has 1 atom stereocenters. The molecule has 0 heterocycles. The van der Waals surface area contributed by atoms with E-state index in [9.17, 15) is 4.79 Å². The van der Waals surface area contributed by atoms with E-state index in [0.717, 1.165) is 19.3 Å². The number of carbonyl (C=O) groups is 1. The summed E-state index contributed by atoms with van der Waals surface area (Å²) in [5.74, 6) is 0.